The van der Waals surface area contributed by atoms with E-state index in [-0.39, 0.29) is 0 Å². The molecular formula is C21H28N4S. The van der Waals surface area contributed by atoms with Crippen molar-refractivity contribution in [3.05, 3.63) is 46.2 Å². The lowest BCUT2D eigenvalue weighted by molar-refractivity contribution is 0.178. The summed E-state index contributed by atoms with van der Waals surface area (Å²) in [5.41, 5.74) is 9.89. The number of anilines is 1. The largest absolute Gasteiger partial charge is 0.383 e. The lowest BCUT2D eigenvalue weighted by Crippen LogP contribution is -2.38. The SMILES string of the molecule is CN1CCCCC1CCN1CCc2cc(N=C(N)c3cccs3)ccc21. The molecule has 0 bridgehead atoms. The number of benzene rings is 1. The van der Waals surface area contributed by atoms with Gasteiger partial charge in [-0.1, -0.05) is 12.5 Å². The molecule has 4 nitrogen and oxygen atoms in total. The van der Waals surface area contributed by atoms with Crippen LogP contribution in [0.5, 0.6) is 0 Å². The Balaban J connectivity index is 1.42. The summed E-state index contributed by atoms with van der Waals surface area (Å²) in [5, 5.41) is 2.03. The Labute approximate surface area is 160 Å². The maximum absolute atomic E-state index is 6.13. The van der Waals surface area contributed by atoms with Crippen LogP contribution in [0.1, 0.15) is 36.1 Å². The molecular weight excluding hydrogens is 340 g/mol. The van der Waals surface area contributed by atoms with Gasteiger partial charge < -0.3 is 15.5 Å². The molecule has 1 fully saturated rings. The van der Waals surface area contributed by atoms with Gasteiger partial charge in [-0.15, -0.1) is 11.3 Å². The molecule has 1 saturated heterocycles. The highest BCUT2D eigenvalue weighted by molar-refractivity contribution is 7.12. The molecule has 26 heavy (non-hydrogen) atoms. The maximum Gasteiger partial charge on any atom is 0.141 e. The Morgan fingerprint density at radius 3 is 3.00 bits per heavy atom. The summed E-state index contributed by atoms with van der Waals surface area (Å²) in [6, 6.07) is 11.3. The van der Waals surface area contributed by atoms with Gasteiger partial charge in [0.2, 0.25) is 0 Å². The standard InChI is InChI=1S/C21H28N4S/c1-24-11-3-2-5-18(24)10-13-25-12-9-16-15-17(7-8-19(16)25)23-21(22)20-6-4-14-26-20/h4,6-8,14-15,18H,2-3,5,9-13H2,1H3,(H2,22,23). The zero-order valence-corrected chi connectivity index (χ0v) is 16.3. The number of piperidine rings is 1. The summed E-state index contributed by atoms with van der Waals surface area (Å²) in [5.74, 6) is 0.607. The first kappa shape index (κ1) is 17.6. The third-order valence-corrected chi connectivity index (χ3v) is 6.62. The molecule has 138 valence electrons. The third-order valence-electron chi connectivity index (χ3n) is 5.73. The van der Waals surface area contributed by atoms with Gasteiger partial charge in [-0.05, 0) is 74.5 Å². The first-order valence-electron chi connectivity index (χ1n) is 9.67. The fourth-order valence-electron chi connectivity index (χ4n) is 4.19. The average molecular weight is 369 g/mol. The minimum Gasteiger partial charge on any atom is -0.383 e. The molecule has 2 aromatic rings. The van der Waals surface area contributed by atoms with Gasteiger partial charge in [-0.25, -0.2) is 4.99 Å². The molecule has 1 aromatic carbocycles. The summed E-state index contributed by atoms with van der Waals surface area (Å²) < 4.78 is 0. The molecule has 0 radical (unpaired) electrons. The van der Waals surface area contributed by atoms with E-state index in [9.17, 15) is 0 Å². The van der Waals surface area contributed by atoms with Crippen LogP contribution in [0.25, 0.3) is 0 Å². The quantitative estimate of drug-likeness (QED) is 0.640. The molecule has 2 aliphatic rings. The van der Waals surface area contributed by atoms with Crippen molar-refractivity contribution < 1.29 is 0 Å². The topological polar surface area (TPSA) is 44.9 Å². The first-order valence-corrected chi connectivity index (χ1v) is 10.5. The van der Waals surface area contributed by atoms with Gasteiger partial charge in [0.15, 0.2) is 0 Å². The molecule has 2 aliphatic heterocycles. The van der Waals surface area contributed by atoms with Crippen LogP contribution >= 0.6 is 11.3 Å². The number of hydrogen-bond acceptors (Lipinski definition) is 4. The first-order chi connectivity index (χ1) is 12.7. The number of nitrogens with two attached hydrogens (primary N) is 1. The Kier molecular flexibility index (Phi) is 5.27. The zero-order chi connectivity index (χ0) is 17.9. The lowest BCUT2D eigenvalue weighted by atomic mass is 10.00. The molecule has 0 spiro atoms. The fourth-order valence-corrected chi connectivity index (χ4v) is 4.82. The number of amidine groups is 1. The van der Waals surface area contributed by atoms with Gasteiger partial charge in [-0.2, -0.15) is 0 Å². The normalized spacial score (nSPS) is 21.2. The molecule has 0 saturated carbocycles. The highest BCUT2D eigenvalue weighted by Gasteiger charge is 2.23. The number of rotatable bonds is 5. The van der Waals surface area contributed by atoms with Crippen LogP contribution in [-0.2, 0) is 6.42 Å². The number of thiophene rings is 1. The number of hydrogen-bond donors (Lipinski definition) is 1. The molecule has 4 rings (SSSR count). The highest BCUT2D eigenvalue weighted by Crippen LogP contribution is 2.32. The van der Waals surface area contributed by atoms with Crippen molar-refractivity contribution in [2.45, 2.75) is 38.1 Å². The zero-order valence-electron chi connectivity index (χ0n) is 15.5. The van der Waals surface area contributed by atoms with E-state index in [4.69, 9.17) is 5.73 Å². The van der Waals surface area contributed by atoms with Crippen LogP contribution < -0.4 is 10.6 Å². The predicted octanol–water partition coefficient (Wildman–Crippen LogP) is 4.02. The molecule has 5 heteroatoms. The van der Waals surface area contributed by atoms with Crippen molar-refractivity contribution in [3.63, 3.8) is 0 Å². The minimum absolute atomic E-state index is 0.607. The van der Waals surface area contributed by atoms with E-state index in [1.807, 2.05) is 17.5 Å². The van der Waals surface area contributed by atoms with Gasteiger partial charge in [0.05, 0.1) is 10.6 Å². The molecule has 1 atom stereocenters. The second kappa shape index (κ2) is 7.80. The van der Waals surface area contributed by atoms with Crippen LogP contribution in [0.2, 0.25) is 0 Å². The smallest absolute Gasteiger partial charge is 0.141 e. The van der Waals surface area contributed by atoms with Gasteiger partial charge in [0.25, 0.3) is 0 Å². The Hall–Kier alpha value is -1.85. The van der Waals surface area contributed by atoms with Gasteiger partial charge >= 0.3 is 0 Å². The monoisotopic (exact) mass is 368 g/mol. The number of nitrogens with zero attached hydrogens (tertiary/aromatic N) is 3. The van der Waals surface area contributed by atoms with Crippen molar-refractivity contribution in [1.82, 2.24) is 4.90 Å². The van der Waals surface area contributed by atoms with Crippen molar-refractivity contribution >= 4 is 28.5 Å². The van der Waals surface area contributed by atoms with Gasteiger partial charge in [0, 0.05) is 24.8 Å². The lowest BCUT2D eigenvalue weighted by Gasteiger charge is -2.34. The van der Waals surface area contributed by atoms with Crippen LogP contribution in [0.15, 0.2) is 40.7 Å². The Morgan fingerprint density at radius 1 is 1.27 bits per heavy atom. The van der Waals surface area contributed by atoms with E-state index in [1.165, 1.54) is 43.5 Å². The van der Waals surface area contributed by atoms with E-state index < -0.39 is 0 Å². The maximum atomic E-state index is 6.13. The molecule has 2 N–H and O–H groups in total. The van der Waals surface area contributed by atoms with Crippen molar-refractivity contribution in [2.75, 3.05) is 31.6 Å². The predicted molar refractivity (Wildman–Crippen MR) is 112 cm³/mol. The van der Waals surface area contributed by atoms with Crippen molar-refractivity contribution in [2.24, 2.45) is 10.7 Å². The minimum atomic E-state index is 0.607. The van der Waals surface area contributed by atoms with Crippen LogP contribution in [0, 0.1) is 0 Å². The summed E-state index contributed by atoms with van der Waals surface area (Å²) in [6.45, 7) is 3.54. The molecule has 1 unspecified atom stereocenters. The summed E-state index contributed by atoms with van der Waals surface area (Å²) >= 11 is 1.63. The van der Waals surface area contributed by atoms with Gasteiger partial charge in [0.1, 0.15) is 5.84 Å². The summed E-state index contributed by atoms with van der Waals surface area (Å²) in [6.07, 6.45) is 6.47. The van der Waals surface area contributed by atoms with Crippen molar-refractivity contribution in [3.8, 4) is 0 Å². The highest BCUT2D eigenvalue weighted by atomic mass is 32.1. The third kappa shape index (κ3) is 3.79. The average Bonchev–Trinajstić information content (AvgIpc) is 3.31. The van der Waals surface area contributed by atoms with E-state index in [0.29, 0.717) is 5.84 Å². The number of aliphatic imine (C=N–C) groups is 1. The van der Waals surface area contributed by atoms with Crippen LogP contribution in [0.4, 0.5) is 11.4 Å². The number of fused-ring (bicyclic) bond motifs is 1. The second-order valence-electron chi connectivity index (χ2n) is 7.44. The second-order valence-corrected chi connectivity index (χ2v) is 8.39. The summed E-state index contributed by atoms with van der Waals surface area (Å²) in [7, 11) is 2.28. The molecule has 1 aromatic heterocycles. The molecule has 0 amide bonds. The van der Waals surface area contributed by atoms with Crippen LogP contribution in [-0.4, -0.2) is 43.5 Å². The Bertz CT molecular complexity index is 768. The number of likely N-dealkylation sites (tertiary alicyclic amines) is 1. The molecule has 3 heterocycles. The fraction of sp³-hybridized carbons (Fsp3) is 0.476. The van der Waals surface area contributed by atoms with Crippen LogP contribution in [0.3, 0.4) is 0 Å². The van der Waals surface area contributed by atoms with Gasteiger partial charge in [-0.3, -0.25) is 0 Å². The summed E-state index contributed by atoms with van der Waals surface area (Å²) in [4.78, 5) is 10.7. The van der Waals surface area contributed by atoms with E-state index in [1.54, 1.807) is 11.3 Å². The molecule has 0 aliphatic carbocycles. The van der Waals surface area contributed by atoms with E-state index in [2.05, 4.69) is 40.0 Å². The van der Waals surface area contributed by atoms with E-state index in [0.717, 1.165) is 36.1 Å². The van der Waals surface area contributed by atoms with E-state index >= 15 is 0 Å². The van der Waals surface area contributed by atoms with Crippen molar-refractivity contribution in [1.29, 1.82) is 0 Å². The Morgan fingerprint density at radius 2 is 2.19 bits per heavy atom.